The number of aliphatic hydroxyl groups excluding tert-OH is 1. The summed E-state index contributed by atoms with van der Waals surface area (Å²) in [5.41, 5.74) is 2.06. The minimum Gasteiger partial charge on any atom is -0.389 e. The van der Waals surface area contributed by atoms with E-state index in [9.17, 15) is 5.11 Å². The van der Waals surface area contributed by atoms with Crippen LogP contribution in [0.1, 0.15) is 32.4 Å². The van der Waals surface area contributed by atoms with E-state index in [0.717, 1.165) is 17.8 Å². The zero-order chi connectivity index (χ0) is 12.8. The number of para-hydroxylation sites is 1. The fourth-order valence-corrected chi connectivity index (χ4v) is 1.95. The minimum atomic E-state index is -0.449. The summed E-state index contributed by atoms with van der Waals surface area (Å²) < 4.78 is 5.14. The summed E-state index contributed by atoms with van der Waals surface area (Å²) >= 11 is 0. The van der Waals surface area contributed by atoms with Crippen LogP contribution < -0.4 is 4.90 Å². The number of aliphatic hydroxyl groups is 1. The lowest BCUT2D eigenvalue weighted by molar-refractivity contribution is 0.196. The van der Waals surface area contributed by atoms with Gasteiger partial charge in [-0.2, -0.15) is 0 Å². The zero-order valence-corrected chi connectivity index (χ0v) is 11.2. The predicted molar refractivity (Wildman–Crippen MR) is 71.4 cm³/mol. The molecule has 0 aliphatic carbocycles. The van der Waals surface area contributed by atoms with Gasteiger partial charge in [0, 0.05) is 30.9 Å². The Balaban J connectivity index is 3.00. The standard InChI is InChI=1S/C14H23NO2/c1-11(2)15(9-10-17-4)14-8-6-5-7-13(14)12(3)16/h5-8,11-12,16H,9-10H2,1-4H3. The first-order valence-corrected chi connectivity index (χ1v) is 6.10. The first-order valence-electron chi connectivity index (χ1n) is 6.10. The number of nitrogens with zero attached hydrogens (tertiary/aromatic N) is 1. The highest BCUT2D eigenvalue weighted by atomic mass is 16.5. The van der Waals surface area contributed by atoms with Gasteiger partial charge in [-0.1, -0.05) is 18.2 Å². The molecule has 0 saturated heterocycles. The number of anilines is 1. The molecular weight excluding hydrogens is 214 g/mol. The van der Waals surface area contributed by atoms with Crippen molar-refractivity contribution < 1.29 is 9.84 Å². The van der Waals surface area contributed by atoms with Gasteiger partial charge in [0.15, 0.2) is 0 Å². The molecule has 1 aromatic carbocycles. The first-order chi connectivity index (χ1) is 8.07. The Labute approximate surface area is 104 Å². The molecule has 1 aromatic rings. The van der Waals surface area contributed by atoms with Crippen LogP contribution in [0.15, 0.2) is 24.3 Å². The van der Waals surface area contributed by atoms with E-state index < -0.39 is 6.10 Å². The lowest BCUT2D eigenvalue weighted by atomic mass is 10.1. The fraction of sp³-hybridized carbons (Fsp3) is 0.571. The molecular formula is C14H23NO2. The second-order valence-corrected chi connectivity index (χ2v) is 4.51. The summed E-state index contributed by atoms with van der Waals surface area (Å²) in [6.07, 6.45) is -0.449. The Bertz CT molecular complexity index is 337. The molecule has 1 rings (SSSR count). The zero-order valence-electron chi connectivity index (χ0n) is 11.2. The largest absolute Gasteiger partial charge is 0.389 e. The number of benzene rings is 1. The molecule has 3 heteroatoms. The van der Waals surface area contributed by atoms with Gasteiger partial charge in [0.2, 0.25) is 0 Å². The second-order valence-electron chi connectivity index (χ2n) is 4.51. The Morgan fingerprint density at radius 1 is 1.24 bits per heavy atom. The van der Waals surface area contributed by atoms with Gasteiger partial charge in [-0.3, -0.25) is 0 Å². The second kappa shape index (κ2) is 6.62. The van der Waals surface area contributed by atoms with Crippen LogP contribution >= 0.6 is 0 Å². The van der Waals surface area contributed by atoms with Crippen molar-refractivity contribution >= 4 is 5.69 Å². The highest BCUT2D eigenvalue weighted by Gasteiger charge is 2.15. The van der Waals surface area contributed by atoms with Gasteiger partial charge >= 0.3 is 0 Å². The first kappa shape index (κ1) is 14.0. The molecule has 0 aromatic heterocycles. The smallest absolute Gasteiger partial charge is 0.0781 e. The van der Waals surface area contributed by atoms with Crippen molar-refractivity contribution in [2.24, 2.45) is 0 Å². The summed E-state index contributed by atoms with van der Waals surface area (Å²) in [4.78, 5) is 2.26. The SMILES string of the molecule is COCCN(c1ccccc1C(C)O)C(C)C. The maximum atomic E-state index is 9.80. The molecule has 1 unspecified atom stereocenters. The van der Waals surface area contributed by atoms with Gasteiger partial charge < -0.3 is 14.7 Å². The van der Waals surface area contributed by atoms with E-state index in [-0.39, 0.29) is 0 Å². The van der Waals surface area contributed by atoms with Crippen LogP contribution in [0.4, 0.5) is 5.69 Å². The van der Waals surface area contributed by atoms with Gasteiger partial charge in [0.05, 0.1) is 12.7 Å². The van der Waals surface area contributed by atoms with E-state index in [1.54, 1.807) is 14.0 Å². The van der Waals surface area contributed by atoms with Crippen molar-refractivity contribution in [2.45, 2.75) is 32.9 Å². The van der Waals surface area contributed by atoms with E-state index in [1.807, 2.05) is 18.2 Å². The van der Waals surface area contributed by atoms with Crippen molar-refractivity contribution in [3.05, 3.63) is 29.8 Å². The molecule has 0 fully saturated rings. The quantitative estimate of drug-likeness (QED) is 0.825. The topological polar surface area (TPSA) is 32.7 Å². The van der Waals surface area contributed by atoms with Crippen LogP contribution in [0.2, 0.25) is 0 Å². The molecule has 17 heavy (non-hydrogen) atoms. The fourth-order valence-electron chi connectivity index (χ4n) is 1.95. The van der Waals surface area contributed by atoms with Crippen LogP contribution in [-0.2, 0) is 4.74 Å². The number of hydrogen-bond donors (Lipinski definition) is 1. The summed E-state index contributed by atoms with van der Waals surface area (Å²) in [5, 5.41) is 9.80. The normalized spacial score (nSPS) is 12.8. The molecule has 0 saturated carbocycles. The monoisotopic (exact) mass is 237 g/mol. The summed E-state index contributed by atoms with van der Waals surface area (Å²) in [6.45, 7) is 7.61. The molecule has 0 aliphatic heterocycles. The average molecular weight is 237 g/mol. The maximum absolute atomic E-state index is 9.80. The highest BCUT2D eigenvalue weighted by Crippen LogP contribution is 2.27. The van der Waals surface area contributed by atoms with Gasteiger partial charge in [-0.05, 0) is 26.8 Å². The molecule has 1 N–H and O–H groups in total. The van der Waals surface area contributed by atoms with Crippen molar-refractivity contribution in [1.82, 2.24) is 0 Å². The third-order valence-corrected chi connectivity index (χ3v) is 2.86. The van der Waals surface area contributed by atoms with E-state index >= 15 is 0 Å². The predicted octanol–water partition coefficient (Wildman–Crippen LogP) is 2.60. The van der Waals surface area contributed by atoms with Gasteiger partial charge in [0.1, 0.15) is 0 Å². The van der Waals surface area contributed by atoms with E-state index in [2.05, 4.69) is 24.8 Å². The molecule has 0 bridgehead atoms. The van der Waals surface area contributed by atoms with Crippen molar-refractivity contribution in [2.75, 3.05) is 25.2 Å². The third-order valence-electron chi connectivity index (χ3n) is 2.86. The molecule has 0 aliphatic rings. The Hall–Kier alpha value is -1.06. The minimum absolute atomic E-state index is 0.380. The molecule has 0 spiro atoms. The number of ether oxygens (including phenoxy) is 1. The van der Waals surface area contributed by atoms with E-state index in [1.165, 1.54) is 0 Å². The van der Waals surface area contributed by atoms with E-state index in [0.29, 0.717) is 12.6 Å². The Morgan fingerprint density at radius 3 is 2.41 bits per heavy atom. The van der Waals surface area contributed by atoms with Crippen molar-refractivity contribution in [1.29, 1.82) is 0 Å². The number of hydrogen-bond acceptors (Lipinski definition) is 3. The van der Waals surface area contributed by atoms with Crippen LogP contribution in [0.3, 0.4) is 0 Å². The van der Waals surface area contributed by atoms with Gasteiger partial charge in [0.25, 0.3) is 0 Å². The summed E-state index contributed by atoms with van der Waals surface area (Å²) in [5.74, 6) is 0. The highest BCUT2D eigenvalue weighted by molar-refractivity contribution is 5.55. The summed E-state index contributed by atoms with van der Waals surface area (Å²) in [7, 11) is 1.71. The molecule has 3 nitrogen and oxygen atoms in total. The third kappa shape index (κ3) is 3.72. The number of rotatable bonds is 6. The molecule has 96 valence electrons. The Kier molecular flexibility index (Phi) is 5.45. The molecule has 1 atom stereocenters. The van der Waals surface area contributed by atoms with Crippen LogP contribution in [0.25, 0.3) is 0 Å². The van der Waals surface area contributed by atoms with Crippen molar-refractivity contribution in [3.63, 3.8) is 0 Å². The van der Waals surface area contributed by atoms with Crippen LogP contribution in [0, 0.1) is 0 Å². The summed E-state index contributed by atoms with van der Waals surface area (Å²) in [6, 6.07) is 8.37. The average Bonchev–Trinajstić information content (AvgIpc) is 2.29. The molecule has 0 heterocycles. The lowest BCUT2D eigenvalue weighted by Gasteiger charge is -2.31. The molecule has 0 radical (unpaired) electrons. The van der Waals surface area contributed by atoms with Crippen LogP contribution in [0.5, 0.6) is 0 Å². The Morgan fingerprint density at radius 2 is 1.88 bits per heavy atom. The van der Waals surface area contributed by atoms with E-state index in [4.69, 9.17) is 4.74 Å². The van der Waals surface area contributed by atoms with Crippen molar-refractivity contribution in [3.8, 4) is 0 Å². The lowest BCUT2D eigenvalue weighted by Crippen LogP contribution is -2.34. The van der Waals surface area contributed by atoms with Gasteiger partial charge in [-0.15, -0.1) is 0 Å². The van der Waals surface area contributed by atoms with Crippen LogP contribution in [-0.4, -0.2) is 31.4 Å². The molecule has 0 amide bonds. The maximum Gasteiger partial charge on any atom is 0.0781 e. The number of methoxy groups -OCH3 is 1. The van der Waals surface area contributed by atoms with Gasteiger partial charge in [-0.25, -0.2) is 0 Å².